The summed E-state index contributed by atoms with van der Waals surface area (Å²) in [5.41, 5.74) is 6.50. The minimum atomic E-state index is -0.466. The van der Waals surface area contributed by atoms with E-state index in [9.17, 15) is 0 Å². The molecular weight excluding hydrogens is 194 g/mol. The summed E-state index contributed by atoms with van der Waals surface area (Å²) in [5.74, 6) is 2.02. The van der Waals surface area contributed by atoms with Gasteiger partial charge in [0, 0.05) is 11.1 Å². The molecule has 0 radical (unpaired) electrons. The Balaban J connectivity index is 2.58. The zero-order valence-corrected chi connectivity index (χ0v) is 9.16. The van der Waals surface area contributed by atoms with Gasteiger partial charge in [-0.3, -0.25) is 0 Å². The van der Waals surface area contributed by atoms with Gasteiger partial charge in [-0.15, -0.1) is 0 Å². The molecule has 0 amide bonds. The maximum atomic E-state index is 6.05. The van der Waals surface area contributed by atoms with Crippen molar-refractivity contribution in [2.45, 2.75) is 19.4 Å². The second kappa shape index (κ2) is 3.31. The number of benzene rings is 1. The molecule has 2 N–H and O–H groups in total. The third kappa shape index (κ3) is 1.61. The summed E-state index contributed by atoms with van der Waals surface area (Å²) in [7, 11) is 1.60. The van der Waals surface area contributed by atoms with Gasteiger partial charge in [0.05, 0.1) is 7.11 Å². The largest absolute Gasteiger partial charge is 0.492 e. The SMILES string of the molecule is COc1c(C(C)(C)N)ccc2c1OCO2. The van der Waals surface area contributed by atoms with Gasteiger partial charge >= 0.3 is 0 Å². The Bertz CT molecular complexity index is 382. The predicted molar refractivity (Wildman–Crippen MR) is 56.3 cm³/mol. The van der Waals surface area contributed by atoms with Crippen LogP contribution < -0.4 is 19.9 Å². The Kier molecular flexibility index (Phi) is 2.23. The molecule has 0 unspecified atom stereocenters. The molecule has 0 saturated heterocycles. The van der Waals surface area contributed by atoms with Crippen molar-refractivity contribution in [1.29, 1.82) is 0 Å². The molecule has 0 atom stereocenters. The van der Waals surface area contributed by atoms with Crippen molar-refractivity contribution >= 4 is 0 Å². The Morgan fingerprint density at radius 1 is 1.33 bits per heavy atom. The fourth-order valence-electron chi connectivity index (χ4n) is 1.66. The van der Waals surface area contributed by atoms with E-state index >= 15 is 0 Å². The van der Waals surface area contributed by atoms with Crippen LogP contribution in [0, 0.1) is 0 Å². The highest BCUT2D eigenvalue weighted by Crippen LogP contribution is 2.45. The summed E-state index contributed by atoms with van der Waals surface area (Å²) < 4.78 is 15.9. The first-order valence-corrected chi connectivity index (χ1v) is 4.80. The second-order valence-electron chi connectivity index (χ2n) is 4.10. The molecule has 15 heavy (non-hydrogen) atoms. The van der Waals surface area contributed by atoms with E-state index in [2.05, 4.69) is 0 Å². The fourth-order valence-corrected chi connectivity index (χ4v) is 1.66. The van der Waals surface area contributed by atoms with E-state index in [4.69, 9.17) is 19.9 Å². The third-order valence-electron chi connectivity index (χ3n) is 2.39. The smallest absolute Gasteiger partial charge is 0.231 e. The maximum Gasteiger partial charge on any atom is 0.231 e. The third-order valence-corrected chi connectivity index (χ3v) is 2.39. The highest BCUT2D eigenvalue weighted by molar-refractivity contribution is 5.58. The van der Waals surface area contributed by atoms with Crippen LogP contribution in [0.3, 0.4) is 0 Å². The molecule has 2 rings (SSSR count). The van der Waals surface area contributed by atoms with Gasteiger partial charge in [-0.1, -0.05) is 0 Å². The van der Waals surface area contributed by atoms with Gasteiger partial charge in [-0.2, -0.15) is 0 Å². The number of hydrogen-bond acceptors (Lipinski definition) is 4. The topological polar surface area (TPSA) is 53.7 Å². The molecular formula is C11H15NO3. The molecule has 82 valence electrons. The first-order chi connectivity index (χ1) is 7.04. The zero-order chi connectivity index (χ0) is 11.1. The van der Waals surface area contributed by atoms with Gasteiger partial charge < -0.3 is 19.9 Å². The van der Waals surface area contributed by atoms with Gasteiger partial charge in [0.15, 0.2) is 11.5 Å². The molecule has 0 spiro atoms. The standard InChI is InChI=1S/C11H15NO3/c1-11(2,12)7-4-5-8-10(9(7)13-3)15-6-14-8/h4-5H,6,12H2,1-3H3. The minimum Gasteiger partial charge on any atom is -0.492 e. The number of fused-ring (bicyclic) bond motifs is 1. The lowest BCUT2D eigenvalue weighted by molar-refractivity contribution is 0.171. The van der Waals surface area contributed by atoms with E-state index in [0.717, 1.165) is 5.56 Å². The normalized spacial score (nSPS) is 14.1. The Hall–Kier alpha value is -1.42. The van der Waals surface area contributed by atoms with Gasteiger partial charge in [0.1, 0.15) is 0 Å². The molecule has 1 heterocycles. The Labute approximate surface area is 88.9 Å². The number of ether oxygens (including phenoxy) is 3. The summed E-state index contributed by atoms with van der Waals surface area (Å²) in [6, 6.07) is 3.77. The highest BCUT2D eigenvalue weighted by Gasteiger charge is 2.27. The minimum absolute atomic E-state index is 0.236. The zero-order valence-electron chi connectivity index (χ0n) is 9.16. The first kappa shape index (κ1) is 10.1. The van der Waals surface area contributed by atoms with E-state index in [1.54, 1.807) is 7.11 Å². The number of nitrogens with two attached hydrogens (primary N) is 1. The van der Waals surface area contributed by atoms with Crippen LogP contribution in [0.25, 0.3) is 0 Å². The Morgan fingerprint density at radius 3 is 2.67 bits per heavy atom. The molecule has 1 aliphatic heterocycles. The molecule has 0 aromatic heterocycles. The maximum absolute atomic E-state index is 6.05. The number of methoxy groups -OCH3 is 1. The van der Waals surface area contributed by atoms with Gasteiger partial charge in [-0.25, -0.2) is 0 Å². The van der Waals surface area contributed by atoms with Crippen LogP contribution in [0.15, 0.2) is 12.1 Å². The molecule has 1 aromatic carbocycles. The van der Waals surface area contributed by atoms with Crippen molar-refractivity contribution in [2.75, 3.05) is 13.9 Å². The van der Waals surface area contributed by atoms with Crippen LogP contribution in [-0.2, 0) is 5.54 Å². The van der Waals surface area contributed by atoms with Gasteiger partial charge in [0.2, 0.25) is 12.5 Å². The van der Waals surface area contributed by atoms with Crippen molar-refractivity contribution in [3.63, 3.8) is 0 Å². The van der Waals surface area contributed by atoms with Crippen LogP contribution >= 0.6 is 0 Å². The molecule has 1 aromatic rings. The van der Waals surface area contributed by atoms with Crippen LogP contribution in [0.4, 0.5) is 0 Å². The van der Waals surface area contributed by atoms with Gasteiger partial charge in [-0.05, 0) is 26.0 Å². The lowest BCUT2D eigenvalue weighted by Gasteiger charge is -2.22. The van der Waals surface area contributed by atoms with Crippen LogP contribution in [0.2, 0.25) is 0 Å². The second-order valence-corrected chi connectivity index (χ2v) is 4.10. The molecule has 0 fully saturated rings. The van der Waals surface area contributed by atoms with Crippen molar-refractivity contribution in [2.24, 2.45) is 5.73 Å². The summed E-state index contributed by atoms with van der Waals surface area (Å²) in [6.45, 7) is 4.08. The molecule has 4 heteroatoms. The van der Waals surface area contributed by atoms with Gasteiger partial charge in [0.25, 0.3) is 0 Å². The lowest BCUT2D eigenvalue weighted by atomic mass is 9.94. The first-order valence-electron chi connectivity index (χ1n) is 4.80. The summed E-state index contributed by atoms with van der Waals surface area (Å²) in [6.07, 6.45) is 0. The molecule has 0 saturated carbocycles. The van der Waals surface area contributed by atoms with Crippen LogP contribution in [0.1, 0.15) is 19.4 Å². The summed E-state index contributed by atoms with van der Waals surface area (Å²) >= 11 is 0. The van der Waals surface area contributed by atoms with Crippen molar-refractivity contribution < 1.29 is 14.2 Å². The van der Waals surface area contributed by atoms with Crippen molar-refractivity contribution in [1.82, 2.24) is 0 Å². The van der Waals surface area contributed by atoms with E-state index in [1.165, 1.54) is 0 Å². The molecule has 0 bridgehead atoms. The molecule has 1 aliphatic rings. The van der Waals surface area contributed by atoms with E-state index < -0.39 is 5.54 Å². The lowest BCUT2D eigenvalue weighted by Crippen LogP contribution is -2.29. The average molecular weight is 209 g/mol. The van der Waals surface area contributed by atoms with Crippen LogP contribution in [-0.4, -0.2) is 13.9 Å². The molecule has 0 aliphatic carbocycles. The predicted octanol–water partition coefficient (Wildman–Crippen LogP) is 1.62. The highest BCUT2D eigenvalue weighted by atomic mass is 16.7. The quantitative estimate of drug-likeness (QED) is 0.804. The van der Waals surface area contributed by atoms with Crippen LogP contribution in [0.5, 0.6) is 17.2 Å². The van der Waals surface area contributed by atoms with E-state index in [1.807, 2.05) is 26.0 Å². The monoisotopic (exact) mass is 209 g/mol. The van der Waals surface area contributed by atoms with E-state index in [-0.39, 0.29) is 6.79 Å². The fraction of sp³-hybridized carbons (Fsp3) is 0.455. The summed E-state index contributed by atoms with van der Waals surface area (Å²) in [4.78, 5) is 0. The number of rotatable bonds is 2. The molecule has 4 nitrogen and oxygen atoms in total. The average Bonchev–Trinajstić information content (AvgIpc) is 2.61. The van der Waals surface area contributed by atoms with Crippen molar-refractivity contribution in [3.8, 4) is 17.2 Å². The summed E-state index contributed by atoms with van der Waals surface area (Å²) in [5, 5.41) is 0. The van der Waals surface area contributed by atoms with Crippen molar-refractivity contribution in [3.05, 3.63) is 17.7 Å². The van der Waals surface area contributed by atoms with E-state index in [0.29, 0.717) is 17.2 Å². The number of hydrogen-bond donors (Lipinski definition) is 1. The Morgan fingerprint density at radius 2 is 2.07 bits per heavy atom.